The first-order valence-corrected chi connectivity index (χ1v) is 10.9. The molecular formula is C16H32O5Si. The summed E-state index contributed by atoms with van der Waals surface area (Å²) >= 11 is 0. The van der Waals surface area contributed by atoms with Gasteiger partial charge in [-0.3, -0.25) is 4.79 Å². The second-order valence-corrected chi connectivity index (χ2v) is 12.5. The van der Waals surface area contributed by atoms with Crippen LogP contribution < -0.4 is 0 Å². The molecule has 0 N–H and O–H groups in total. The molecule has 1 rings (SSSR count). The lowest BCUT2D eigenvalue weighted by molar-refractivity contribution is -0.158. The molecule has 1 heterocycles. The third kappa shape index (κ3) is 5.33. The third-order valence-electron chi connectivity index (χ3n) is 4.37. The molecule has 2 atom stereocenters. The highest BCUT2D eigenvalue weighted by molar-refractivity contribution is 6.74. The van der Waals surface area contributed by atoms with Crippen molar-refractivity contribution in [1.29, 1.82) is 0 Å². The van der Waals surface area contributed by atoms with Crippen LogP contribution in [0.2, 0.25) is 18.1 Å². The zero-order chi connectivity index (χ0) is 17.2. The average Bonchev–Trinajstić information content (AvgIpc) is 2.67. The molecule has 0 aliphatic carbocycles. The van der Waals surface area contributed by atoms with Crippen molar-refractivity contribution in [2.75, 3.05) is 13.2 Å². The lowest BCUT2D eigenvalue weighted by atomic mass is 10.1. The molecule has 6 heteroatoms. The maximum absolute atomic E-state index is 11.9. The van der Waals surface area contributed by atoms with E-state index in [1.165, 1.54) is 0 Å². The first-order chi connectivity index (χ1) is 9.88. The number of hydrogen-bond donors (Lipinski definition) is 0. The summed E-state index contributed by atoms with van der Waals surface area (Å²) in [6, 6.07) is 0. The van der Waals surface area contributed by atoms with Crippen LogP contribution in [0.1, 0.15) is 48.0 Å². The van der Waals surface area contributed by atoms with Gasteiger partial charge in [0.2, 0.25) is 0 Å². The van der Waals surface area contributed by atoms with E-state index >= 15 is 0 Å². The van der Waals surface area contributed by atoms with Crippen LogP contribution in [0.5, 0.6) is 0 Å². The van der Waals surface area contributed by atoms with Crippen molar-refractivity contribution < 1.29 is 23.4 Å². The summed E-state index contributed by atoms with van der Waals surface area (Å²) in [4.78, 5) is 11.9. The van der Waals surface area contributed by atoms with Crippen LogP contribution >= 0.6 is 0 Å². The number of carbonyl (C=O) groups is 1. The summed E-state index contributed by atoms with van der Waals surface area (Å²) in [5, 5.41) is 0.0644. The van der Waals surface area contributed by atoms with E-state index in [0.717, 1.165) is 0 Å². The number of ether oxygens (including phenoxy) is 3. The summed E-state index contributed by atoms with van der Waals surface area (Å²) < 4.78 is 23.1. The zero-order valence-electron chi connectivity index (χ0n) is 15.3. The first-order valence-electron chi connectivity index (χ1n) is 8.03. The molecule has 1 unspecified atom stereocenters. The molecule has 0 aromatic rings. The minimum atomic E-state index is -2.01. The molecule has 1 saturated heterocycles. The Kier molecular flexibility index (Phi) is 6.23. The summed E-state index contributed by atoms with van der Waals surface area (Å²) in [6.45, 7) is 17.2. The molecule has 130 valence electrons. The predicted octanol–water partition coefficient (Wildman–Crippen LogP) is 3.48. The van der Waals surface area contributed by atoms with E-state index < -0.39 is 14.1 Å². The Labute approximate surface area is 135 Å². The van der Waals surface area contributed by atoms with E-state index in [4.69, 9.17) is 18.6 Å². The molecule has 0 radical (unpaired) electrons. The quantitative estimate of drug-likeness (QED) is 0.550. The Hall–Kier alpha value is -0.433. The van der Waals surface area contributed by atoms with Gasteiger partial charge >= 0.3 is 5.97 Å². The molecule has 1 aliphatic heterocycles. The lowest BCUT2D eigenvalue weighted by Crippen LogP contribution is -2.48. The molecule has 0 saturated carbocycles. The predicted molar refractivity (Wildman–Crippen MR) is 88.2 cm³/mol. The second-order valence-electron chi connectivity index (χ2n) is 7.79. The van der Waals surface area contributed by atoms with Crippen LogP contribution in [0.15, 0.2) is 0 Å². The summed E-state index contributed by atoms with van der Waals surface area (Å²) in [7, 11) is -2.01. The van der Waals surface area contributed by atoms with Gasteiger partial charge in [0.25, 0.3) is 0 Å². The molecule has 0 bridgehead atoms. The van der Waals surface area contributed by atoms with Crippen molar-refractivity contribution in [3.8, 4) is 0 Å². The summed E-state index contributed by atoms with van der Waals surface area (Å²) in [6.07, 6.45) is -0.375. The Bertz CT molecular complexity index is 386. The largest absolute Gasteiger partial charge is 0.466 e. The smallest absolute Gasteiger partial charge is 0.308 e. The SMILES string of the molecule is CCOC(=O)CC(O[Si](C)(C)C(C)(C)C)[C@H]1COC(C)(C)O1. The van der Waals surface area contributed by atoms with Gasteiger partial charge in [-0.2, -0.15) is 0 Å². The normalized spacial score (nSPS) is 23.4. The monoisotopic (exact) mass is 332 g/mol. The number of esters is 1. The molecule has 1 fully saturated rings. The molecule has 0 spiro atoms. The van der Waals surface area contributed by atoms with Crippen LogP contribution in [0.3, 0.4) is 0 Å². The van der Waals surface area contributed by atoms with E-state index in [2.05, 4.69) is 33.9 Å². The van der Waals surface area contributed by atoms with Gasteiger partial charge in [-0.25, -0.2) is 0 Å². The maximum Gasteiger partial charge on any atom is 0.308 e. The van der Waals surface area contributed by atoms with E-state index in [-0.39, 0.29) is 29.6 Å². The summed E-state index contributed by atoms with van der Waals surface area (Å²) in [5.74, 6) is -0.881. The van der Waals surface area contributed by atoms with Gasteiger partial charge in [0, 0.05) is 0 Å². The van der Waals surface area contributed by atoms with Crippen LogP contribution in [-0.2, 0) is 23.4 Å². The van der Waals surface area contributed by atoms with Crippen LogP contribution in [0.4, 0.5) is 0 Å². The number of carbonyl (C=O) groups excluding carboxylic acids is 1. The first kappa shape index (κ1) is 19.6. The minimum absolute atomic E-state index is 0.0644. The van der Waals surface area contributed by atoms with Crippen molar-refractivity contribution in [1.82, 2.24) is 0 Å². The lowest BCUT2D eigenvalue weighted by Gasteiger charge is -2.40. The van der Waals surface area contributed by atoms with Gasteiger partial charge in [0.15, 0.2) is 14.1 Å². The Morgan fingerprint density at radius 3 is 2.36 bits per heavy atom. The third-order valence-corrected chi connectivity index (χ3v) is 8.87. The Morgan fingerprint density at radius 1 is 1.36 bits per heavy atom. The van der Waals surface area contributed by atoms with Crippen LogP contribution in [0, 0.1) is 0 Å². The molecule has 22 heavy (non-hydrogen) atoms. The van der Waals surface area contributed by atoms with Gasteiger partial charge in [-0.1, -0.05) is 20.8 Å². The average molecular weight is 333 g/mol. The molecule has 1 aliphatic rings. The van der Waals surface area contributed by atoms with Crippen molar-refractivity contribution in [2.24, 2.45) is 0 Å². The molecule has 0 aromatic heterocycles. The standard InChI is InChI=1S/C16H32O5Si/c1-9-18-14(17)10-12(13-11-19-16(5,6)20-13)21-22(7,8)15(2,3)4/h12-13H,9-11H2,1-8H3/t12?,13-/m1/s1. The van der Waals surface area contributed by atoms with Gasteiger partial charge in [-0.15, -0.1) is 0 Å². The fraction of sp³-hybridized carbons (Fsp3) is 0.938. The van der Waals surface area contributed by atoms with E-state index in [9.17, 15) is 4.79 Å². The Balaban J connectivity index is 2.85. The molecule has 0 amide bonds. The molecular weight excluding hydrogens is 300 g/mol. The van der Waals surface area contributed by atoms with Crippen LogP contribution in [0.25, 0.3) is 0 Å². The van der Waals surface area contributed by atoms with E-state index in [1.54, 1.807) is 6.92 Å². The highest BCUT2D eigenvalue weighted by Gasteiger charge is 2.45. The van der Waals surface area contributed by atoms with Gasteiger partial charge in [0.1, 0.15) is 6.10 Å². The van der Waals surface area contributed by atoms with E-state index in [0.29, 0.717) is 13.2 Å². The molecule has 5 nitrogen and oxygen atoms in total. The zero-order valence-corrected chi connectivity index (χ0v) is 16.3. The summed E-state index contributed by atoms with van der Waals surface area (Å²) in [5.41, 5.74) is 0. The number of rotatable bonds is 6. The van der Waals surface area contributed by atoms with Crippen molar-refractivity contribution in [2.45, 2.75) is 84.1 Å². The van der Waals surface area contributed by atoms with E-state index in [1.807, 2.05) is 13.8 Å². The fourth-order valence-electron chi connectivity index (χ4n) is 2.09. The highest BCUT2D eigenvalue weighted by atomic mass is 28.4. The van der Waals surface area contributed by atoms with Crippen LogP contribution in [-0.4, -0.2) is 45.5 Å². The topological polar surface area (TPSA) is 54.0 Å². The van der Waals surface area contributed by atoms with Gasteiger partial charge in [-0.05, 0) is 38.9 Å². The van der Waals surface area contributed by atoms with Crippen molar-refractivity contribution in [3.05, 3.63) is 0 Å². The van der Waals surface area contributed by atoms with Gasteiger partial charge in [0.05, 0.1) is 25.7 Å². The van der Waals surface area contributed by atoms with Crippen molar-refractivity contribution >= 4 is 14.3 Å². The van der Waals surface area contributed by atoms with Gasteiger partial charge < -0.3 is 18.6 Å². The number of hydrogen-bond acceptors (Lipinski definition) is 5. The fourth-order valence-corrected chi connectivity index (χ4v) is 3.43. The highest BCUT2D eigenvalue weighted by Crippen LogP contribution is 2.39. The maximum atomic E-state index is 11.9. The minimum Gasteiger partial charge on any atom is -0.466 e. The molecule has 0 aromatic carbocycles. The second kappa shape index (κ2) is 6.99. The Morgan fingerprint density at radius 2 is 1.95 bits per heavy atom. The van der Waals surface area contributed by atoms with Crippen molar-refractivity contribution in [3.63, 3.8) is 0 Å².